The molecular weight excluding hydrogens is 390 g/mol. The molecule has 150 valence electrons. The maximum Gasteiger partial charge on any atom is 0.433 e. The summed E-state index contributed by atoms with van der Waals surface area (Å²) in [4.78, 5) is 17.6. The first-order valence-corrected chi connectivity index (χ1v) is 8.51. The fourth-order valence-electron chi connectivity index (χ4n) is 3.20. The zero-order valence-corrected chi connectivity index (χ0v) is 15.6. The van der Waals surface area contributed by atoms with Crippen molar-refractivity contribution in [2.75, 3.05) is 19.0 Å². The molecule has 4 aromatic rings. The number of anilines is 1. The number of halogens is 4. The third-order valence-corrected chi connectivity index (χ3v) is 4.69. The number of nitrogens with zero attached hydrogens (tertiary/aromatic N) is 5. The number of benzene rings is 1. The van der Waals surface area contributed by atoms with Gasteiger partial charge in [-0.25, -0.2) is 8.91 Å². The van der Waals surface area contributed by atoms with Gasteiger partial charge in [-0.3, -0.25) is 14.3 Å². The number of hydrogen-bond acceptors (Lipinski definition) is 4. The molecule has 6 nitrogen and oxygen atoms in total. The van der Waals surface area contributed by atoms with E-state index in [-0.39, 0.29) is 22.3 Å². The molecule has 0 unspecified atom stereocenters. The summed E-state index contributed by atoms with van der Waals surface area (Å²) in [5, 5.41) is 4.50. The van der Waals surface area contributed by atoms with E-state index in [1.807, 2.05) is 0 Å². The van der Waals surface area contributed by atoms with Gasteiger partial charge in [0, 0.05) is 39.0 Å². The Kier molecular flexibility index (Phi) is 4.10. The summed E-state index contributed by atoms with van der Waals surface area (Å²) < 4.78 is 56.1. The summed E-state index contributed by atoms with van der Waals surface area (Å²) >= 11 is 0. The Morgan fingerprint density at radius 1 is 1.10 bits per heavy atom. The van der Waals surface area contributed by atoms with Crippen LogP contribution in [0.25, 0.3) is 27.8 Å². The lowest BCUT2D eigenvalue weighted by Crippen LogP contribution is -2.21. The minimum absolute atomic E-state index is 0.114. The van der Waals surface area contributed by atoms with E-state index in [1.165, 1.54) is 34.3 Å². The highest BCUT2D eigenvalue weighted by Crippen LogP contribution is 2.31. The first-order valence-electron chi connectivity index (χ1n) is 8.51. The molecule has 0 spiro atoms. The molecule has 0 aliphatic carbocycles. The van der Waals surface area contributed by atoms with Gasteiger partial charge in [0.05, 0.1) is 22.3 Å². The highest BCUT2D eigenvalue weighted by molar-refractivity contribution is 5.85. The van der Waals surface area contributed by atoms with E-state index in [0.717, 1.165) is 18.3 Å². The molecule has 0 radical (unpaired) electrons. The summed E-state index contributed by atoms with van der Waals surface area (Å²) in [6, 6.07) is 6.44. The maximum absolute atomic E-state index is 14.4. The second-order valence-corrected chi connectivity index (χ2v) is 6.81. The van der Waals surface area contributed by atoms with Crippen molar-refractivity contribution in [2.45, 2.75) is 6.18 Å². The van der Waals surface area contributed by atoms with E-state index in [0.29, 0.717) is 11.2 Å². The molecule has 0 saturated carbocycles. The molecule has 0 aliphatic rings. The first-order chi connectivity index (χ1) is 13.6. The summed E-state index contributed by atoms with van der Waals surface area (Å²) in [5.74, 6) is -0.560. The Balaban J connectivity index is 2.03. The summed E-state index contributed by atoms with van der Waals surface area (Å²) in [7, 11) is 4.81. The van der Waals surface area contributed by atoms with Crippen molar-refractivity contribution in [1.29, 1.82) is 0 Å². The Bertz CT molecular complexity index is 1320. The standard InChI is InChI=1S/C19H15F4N5O/c1-26(2)15-9-14-11(7-12(15)20)18(29)27(3)17-8-13(25-28(14)17)10-4-5-24-16(6-10)19(21,22)23/h4-9H,1-3H3. The molecule has 0 amide bonds. The SMILES string of the molecule is CN(C)c1cc2c(cc1F)c(=O)n(C)c1cc(-c3ccnc(C(F)(F)F)c3)nn21. The largest absolute Gasteiger partial charge is 0.433 e. The van der Waals surface area contributed by atoms with E-state index in [1.54, 1.807) is 19.0 Å². The topological polar surface area (TPSA) is 55.4 Å². The van der Waals surface area contributed by atoms with Gasteiger partial charge in [0.25, 0.3) is 5.56 Å². The van der Waals surface area contributed by atoms with Crippen molar-refractivity contribution >= 4 is 22.2 Å². The second kappa shape index (κ2) is 6.29. The van der Waals surface area contributed by atoms with Gasteiger partial charge in [0.15, 0.2) is 0 Å². The number of fused-ring (bicyclic) bond motifs is 3. The normalized spacial score (nSPS) is 12.1. The third kappa shape index (κ3) is 3.00. The average molecular weight is 405 g/mol. The lowest BCUT2D eigenvalue weighted by molar-refractivity contribution is -0.141. The highest BCUT2D eigenvalue weighted by Gasteiger charge is 2.32. The van der Waals surface area contributed by atoms with Crippen LogP contribution >= 0.6 is 0 Å². The van der Waals surface area contributed by atoms with Crippen LogP contribution in [-0.2, 0) is 13.2 Å². The Labute approximate surface area is 161 Å². The number of pyridine rings is 1. The highest BCUT2D eigenvalue weighted by atomic mass is 19.4. The van der Waals surface area contributed by atoms with Crippen molar-refractivity contribution in [3.63, 3.8) is 0 Å². The Morgan fingerprint density at radius 3 is 2.48 bits per heavy atom. The second-order valence-electron chi connectivity index (χ2n) is 6.81. The summed E-state index contributed by atoms with van der Waals surface area (Å²) in [6.45, 7) is 0. The molecule has 0 atom stereocenters. The van der Waals surface area contributed by atoms with Crippen LogP contribution in [-0.4, -0.2) is 33.3 Å². The average Bonchev–Trinajstić information content (AvgIpc) is 3.10. The summed E-state index contributed by atoms with van der Waals surface area (Å²) in [6.07, 6.45) is -3.54. The van der Waals surface area contributed by atoms with Crippen LogP contribution < -0.4 is 10.5 Å². The van der Waals surface area contributed by atoms with Crippen LogP contribution in [0.15, 0.2) is 41.3 Å². The van der Waals surface area contributed by atoms with Crippen molar-refractivity contribution < 1.29 is 17.6 Å². The molecular formula is C19H15F4N5O. The summed E-state index contributed by atoms with van der Waals surface area (Å²) in [5.41, 5.74) is -0.0737. The molecule has 0 fully saturated rings. The van der Waals surface area contributed by atoms with E-state index < -0.39 is 23.2 Å². The van der Waals surface area contributed by atoms with Gasteiger partial charge in [-0.15, -0.1) is 0 Å². The van der Waals surface area contributed by atoms with Gasteiger partial charge in [0.1, 0.15) is 17.2 Å². The van der Waals surface area contributed by atoms with Crippen LogP contribution in [0.4, 0.5) is 23.2 Å². The predicted molar refractivity (Wildman–Crippen MR) is 100 cm³/mol. The third-order valence-electron chi connectivity index (χ3n) is 4.69. The first kappa shape index (κ1) is 18.9. The minimum Gasteiger partial charge on any atom is -0.375 e. The molecule has 0 saturated heterocycles. The zero-order valence-electron chi connectivity index (χ0n) is 15.6. The maximum atomic E-state index is 14.4. The number of alkyl halides is 3. The van der Waals surface area contributed by atoms with Crippen molar-refractivity contribution in [2.24, 2.45) is 7.05 Å². The molecule has 10 heteroatoms. The van der Waals surface area contributed by atoms with E-state index in [2.05, 4.69) is 10.1 Å². The van der Waals surface area contributed by atoms with Crippen LogP contribution in [0.2, 0.25) is 0 Å². The fourth-order valence-corrected chi connectivity index (χ4v) is 3.20. The Morgan fingerprint density at radius 2 is 1.83 bits per heavy atom. The molecule has 0 bridgehead atoms. The van der Waals surface area contributed by atoms with Gasteiger partial charge >= 0.3 is 6.18 Å². The van der Waals surface area contributed by atoms with Gasteiger partial charge < -0.3 is 4.90 Å². The van der Waals surface area contributed by atoms with Crippen LogP contribution in [0.3, 0.4) is 0 Å². The monoisotopic (exact) mass is 405 g/mol. The van der Waals surface area contributed by atoms with Gasteiger partial charge in [-0.05, 0) is 24.3 Å². The molecule has 29 heavy (non-hydrogen) atoms. The molecule has 0 N–H and O–H groups in total. The van der Waals surface area contributed by atoms with Crippen LogP contribution in [0.5, 0.6) is 0 Å². The van der Waals surface area contributed by atoms with Gasteiger partial charge in [-0.1, -0.05) is 0 Å². The predicted octanol–water partition coefficient (Wildman–Crippen LogP) is 3.47. The number of aromatic nitrogens is 4. The molecule has 3 heterocycles. The number of rotatable bonds is 2. The number of hydrogen-bond donors (Lipinski definition) is 0. The smallest absolute Gasteiger partial charge is 0.375 e. The Hall–Kier alpha value is -3.43. The lowest BCUT2D eigenvalue weighted by Gasteiger charge is -2.15. The van der Waals surface area contributed by atoms with Crippen molar-refractivity contribution in [3.05, 3.63) is 58.4 Å². The van der Waals surface area contributed by atoms with E-state index in [4.69, 9.17) is 0 Å². The molecule has 1 aromatic carbocycles. The molecule has 3 aromatic heterocycles. The minimum atomic E-state index is -4.59. The zero-order chi connectivity index (χ0) is 21.1. The molecule has 4 rings (SSSR count). The van der Waals surface area contributed by atoms with E-state index in [9.17, 15) is 22.4 Å². The van der Waals surface area contributed by atoms with Crippen molar-refractivity contribution in [3.8, 4) is 11.3 Å². The quantitative estimate of drug-likeness (QED) is 0.480. The van der Waals surface area contributed by atoms with Crippen LogP contribution in [0.1, 0.15) is 5.69 Å². The molecule has 0 aliphatic heterocycles. The fraction of sp³-hybridized carbons (Fsp3) is 0.211. The lowest BCUT2D eigenvalue weighted by atomic mass is 10.1. The van der Waals surface area contributed by atoms with Crippen LogP contribution in [0, 0.1) is 5.82 Å². The van der Waals surface area contributed by atoms with E-state index >= 15 is 0 Å². The van der Waals surface area contributed by atoms with Gasteiger partial charge in [-0.2, -0.15) is 18.3 Å². The van der Waals surface area contributed by atoms with Crippen molar-refractivity contribution in [1.82, 2.24) is 19.2 Å². The van der Waals surface area contributed by atoms with Gasteiger partial charge in [0.2, 0.25) is 0 Å². The number of aryl methyl sites for hydroxylation is 1.